The second kappa shape index (κ2) is 5.07. The highest BCUT2D eigenvalue weighted by atomic mass is 32.1. The van der Waals surface area contributed by atoms with Gasteiger partial charge >= 0.3 is 0 Å². The minimum Gasteiger partial charge on any atom is -0.326 e. The molecule has 0 fully saturated rings. The van der Waals surface area contributed by atoms with Gasteiger partial charge in [0.1, 0.15) is 5.01 Å². The molecule has 4 rings (SSSR count). The molecule has 22 heavy (non-hydrogen) atoms. The summed E-state index contributed by atoms with van der Waals surface area (Å²) in [5.41, 5.74) is 5.19. The highest BCUT2D eigenvalue weighted by Crippen LogP contribution is 2.35. The second-order valence-corrected chi connectivity index (χ2v) is 6.59. The first kappa shape index (κ1) is 13.2. The molecular formula is C18H14N2OS. The lowest BCUT2D eigenvalue weighted by Gasteiger charge is -2.02. The van der Waals surface area contributed by atoms with Crippen molar-refractivity contribution in [1.82, 2.24) is 4.98 Å². The molecule has 0 saturated heterocycles. The number of aromatic nitrogens is 1. The zero-order valence-corrected chi connectivity index (χ0v) is 12.9. The number of hydrogen-bond acceptors (Lipinski definition) is 3. The summed E-state index contributed by atoms with van der Waals surface area (Å²) in [5.74, 6) is 0.0622. The quantitative estimate of drug-likeness (QED) is 0.768. The standard InChI is InChI=1S/C18H14N2OS/c1-11-17(20-18(22-11)12-5-3-2-4-6-12)13-7-8-15-14(9-13)10-16(21)19-15/h2-9H,10H2,1H3,(H,19,21). The topological polar surface area (TPSA) is 42.0 Å². The van der Waals surface area contributed by atoms with Crippen LogP contribution >= 0.6 is 11.3 Å². The van der Waals surface area contributed by atoms with E-state index in [2.05, 4.69) is 30.4 Å². The van der Waals surface area contributed by atoms with Crippen molar-refractivity contribution in [3.8, 4) is 21.8 Å². The average Bonchev–Trinajstić information content (AvgIpc) is 3.09. The van der Waals surface area contributed by atoms with Crippen molar-refractivity contribution < 1.29 is 4.79 Å². The van der Waals surface area contributed by atoms with Crippen molar-refractivity contribution in [1.29, 1.82) is 0 Å². The maximum Gasteiger partial charge on any atom is 0.228 e. The van der Waals surface area contributed by atoms with Gasteiger partial charge in [-0.2, -0.15) is 0 Å². The van der Waals surface area contributed by atoms with Crippen LogP contribution in [0.25, 0.3) is 21.8 Å². The van der Waals surface area contributed by atoms with Gasteiger partial charge in [-0.1, -0.05) is 36.4 Å². The Balaban J connectivity index is 1.77. The Hall–Kier alpha value is -2.46. The Labute approximate surface area is 132 Å². The van der Waals surface area contributed by atoms with E-state index in [1.165, 1.54) is 4.88 Å². The molecule has 1 amide bonds. The third kappa shape index (κ3) is 2.22. The van der Waals surface area contributed by atoms with Gasteiger partial charge in [-0.15, -0.1) is 11.3 Å². The van der Waals surface area contributed by atoms with Gasteiger partial charge in [0, 0.05) is 21.7 Å². The molecule has 0 saturated carbocycles. The molecule has 2 aromatic carbocycles. The fraction of sp³-hybridized carbons (Fsp3) is 0.111. The molecule has 1 aromatic heterocycles. The summed E-state index contributed by atoms with van der Waals surface area (Å²) in [7, 11) is 0. The van der Waals surface area contributed by atoms with Crippen LogP contribution in [0, 0.1) is 6.92 Å². The summed E-state index contributed by atoms with van der Waals surface area (Å²) in [6.07, 6.45) is 0.456. The highest BCUT2D eigenvalue weighted by Gasteiger charge is 2.19. The van der Waals surface area contributed by atoms with Gasteiger partial charge in [0.05, 0.1) is 12.1 Å². The van der Waals surface area contributed by atoms with E-state index in [0.29, 0.717) is 6.42 Å². The zero-order valence-electron chi connectivity index (χ0n) is 12.1. The SMILES string of the molecule is Cc1sc(-c2ccccc2)nc1-c1ccc2c(c1)CC(=O)N2. The van der Waals surface area contributed by atoms with Crippen molar-refractivity contribution in [2.75, 3.05) is 5.32 Å². The first-order chi connectivity index (χ1) is 10.7. The van der Waals surface area contributed by atoms with Crippen molar-refractivity contribution in [2.24, 2.45) is 0 Å². The maximum atomic E-state index is 11.5. The minimum atomic E-state index is 0.0622. The van der Waals surface area contributed by atoms with E-state index >= 15 is 0 Å². The summed E-state index contributed by atoms with van der Waals surface area (Å²) in [5, 5.41) is 3.90. The number of carbonyl (C=O) groups excluding carboxylic acids is 1. The molecule has 108 valence electrons. The number of nitrogens with one attached hydrogen (secondary N) is 1. The molecule has 0 atom stereocenters. The van der Waals surface area contributed by atoms with Gasteiger partial charge in [0.25, 0.3) is 0 Å². The summed E-state index contributed by atoms with van der Waals surface area (Å²) < 4.78 is 0. The largest absolute Gasteiger partial charge is 0.326 e. The monoisotopic (exact) mass is 306 g/mol. The smallest absolute Gasteiger partial charge is 0.228 e. The van der Waals surface area contributed by atoms with E-state index in [1.54, 1.807) is 11.3 Å². The normalized spacial score (nSPS) is 13.0. The summed E-state index contributed by atoms with van der Waals surface area (Å²) in [6.45, 7) is 2.09. The van der Waals surface area contributed by atoms with Gasteiger partial charge in [-0.3, -0.25) is 4.79 Å². The number of thiazole rings is 1. The lowest BCUT2D eigenvalue weighted by molar-refractivity contribution is -0.115. The van der Waals surface area contributed by atoms with E-state index < -0.39 is 0 Å². The molecule has 0 unspecified atom stereocenters. The third-order valence-corrected chi connectivity index (χ3v) is 4.84. The molecule has 3 nitrogen and oxygen atoms in total. The van der Waals surface area contributed by atoms with Crippen LogP contribution in [0.1, 0.15) is 10.4 Å². The van der Waals surface area contributed by atoms with Crippen molar-refractivity contribution in [3.05, 3.63) is 59.0 Å². The van der Waals surface area contributed by atoms with Crippen LogP contribution in [-0.2, 0) is 11.2 Å². The van der Waals surface area contributed by atoms with Crippen LogP contribution < -0.4 is 5.32 Å². The number of hydrogen-bond donors (Lipinski definition) is 1. The number of fused-ring (bicyclic) bond motifs is 1. The molecule has 0 radical (unpaired) electrons. The van der Waals surface area contributed by atoms with Gasteiger partial charge in [-0.05, 0) is 24.6 Å². The van der Waals surface area contributed by atoms with Crippen LogP contribution in [0.4, 0.5) is 5.69 Å². The van der Waals surface area contributed by atoms with E-state index in [1.807, 2.05) is 30.3 Å². The van der Waals surface area contributed by atoms with Crippen molar-refractivity contribution in [3.63, 3.8) is 0 Å². The molecule has 4 heteroatoms. The fourth-order valence-corrected chi connectivity index (χ4v) is 3.69. The maximum absolute atomic E-state index is 11.5. The Morgan fingerprint density at radius 1 is 1.09 bits per heavy atom. The van der Waals surface area contributed by atoms with Crippen LogP contribution in [0.3, 0.4) is 0 Å². The van der Waals surface area contributed by atoms with Crippen molar-refractivity contribution in [2.45, 2.75) is 13.3 Å². The van der Waals surface area contributed by atoms with Crippen LogP contribution in [0.5, 0.6) is 0 Å². The number of carbonyl (C=O) groups is 1. The average molecular weight is 306 g/mol. The van der Waals surface area contributed by atoms with Crippen LogP contribution in [0.15, 0.2) is 48.5 Å². The predicted molar refractivity (Wildman–Crippen MR) is 90.1 cm³/mol. The van der Waals surface area contributed by atoms with Gasteiger partial charge in [0.15, 0.2) is 0 Å². The summed E-state index contributed by atoms with van der Waals surface area (Å²) in [4.78, 5) is 17.5. The van der Waals surface area contributed by atoms with Gasteiger partial charge in [0.2, 0.25) is 5.91 Å². The van der Waals surface area contributed by atoms with E-state index in [0.717, 1.165) is 33.1 Å². The van der Waals surface area contributed by atoms with E-state index in [-0.39, 0.29) is 5.91 Å². The number of nitrogens with zero attached hydrogens (tertiary/aromatic N) is 1. The molecule has 0 bridgehead atoms. The van der Waals surface area contributed by atoms with Crippen LogP contribution in [0.2, 0.25) is 0 Å². The minimum absolute atomic E-state index is 0.0622. The van der Waals surface area contributed by atoms with Gasteiger partial charge < -0.3 is 5.32 Å². The molecule has 1 aliphatic heterocycles. The number of benzene rings is 2. The Kier molecular flexibility index (Phi) is 3.05. The summed E-state index contributed by atoms with van der Waals surface area (Å²) >= 11 is 1.70. The highest BCUT2D eigenvalue weighted by molar-refractivity contribution is 7.15. The lowest BCUT2D eigenvalue weighted by Crippen LogP contribution is -2.03. The first-order valence-electron chi connectivity index (χ1n) is 7.17. The lowest BCUT2D eigenvalue weighted by atomic mass is 10.1. The number of anilines is 1. The molecule has 2 heterocycles. The Morgan fingerprint density at radius 3 is 2.73 bits per heavy atom. The molecule has 3 aromatic rings. The molecule has 1 aliphatic rings. The molecular weight excluding hydrogens is 292 g/mol. The fourth-order valence-electron chi connectivity index (χ4n) is 2.75. The Morgan fingerprint density at radius 2 is 1.91 bits per heavy atom. The molecule has 1 N–H and O–H groups in total. The molecule has 0 spiro atoms. The van der Waals surface area contributed by atoms with Crippen LogP contribution in [-0.4, -0.2) is 10.9 Å². The third-order valence-electron chi connectivity index (χ3n) is 3.82. The second-order valence-electron chi connectivity index (χ2n) is 5.39. The predicted octanol–water partition coefficient (Wildman–Crippen LogP) is 4.28. The number of aryl methyl sites for hydroxylation is 1. The zero-order chi connectivity index (χ0) is 15.1. The Bertz CT molecular complexity index is 868. The number of amides is 1. The van der Waals surface area contributed by atoms with Gasteiger partial charge in [-0.25, -0.2) is 4.98 Å². The van der Waals surface area contributed by atoms with E-state index in [4.69, 9.17) is 4.98 Å². The van der Waals surface area contributed by atoms with E-state index in [9.17, 15) is 4.79 Å². The van der Waals surface area contributed by atoms with Crippen molar-refractivity contribution >= 4 is 22.9 Å². The first-order valence-corrected chi connectivity index (χ1v) is 7.98. The molecule has 0 aliphatic carbocycles. The summed E-state index contributed by atoms with van der Waals surface area (Å²) in [6, 6.07) is 16.3. The number of rotatable bonds is 2.